The van der Waals surface area contributed by atoms with Crippen molar-refractivity contribution in [3.63, 3.8) is 0 Å². The van der Waals surface area contributed by atoms with Gasteiger partial charge in [0.15, 0.2) is 6.61 Å². The fourth-order valence-corrected chi connectivity index (χ4v) is 2.55. The van der Waals surface area contributed by atoms with Crippen molar-refractivity contribution >= 4 is 17.4 Å². The summed E-state index contributed by atoms with van der Waals surface area (Å²) in [5.74, 6) is -1.16. The van der Waals surface area contributed by atoms with Crippen LogP contribution in [0.15, 0.2) is 48.5 Å². The van der Waals surface area contributed by atoms with Crippen LogP contribution < -0.4 is 10.1 Å². The number of rotatable bonds is 6. The quantitative estimate of drug-likeness (QED) is 0.517. The minimum absolute atomic E-state index is 0.316. The minimum atomic E-state index is -0.706. The van der Waals surface area contributed by atoms with E-state index in [-0.39, 0.29) is 5.75 Å². The zero-order valence-corrected chi connectivity index (χ0v) is 15.2. The molecule has 144 valence electrons. The second-order valence-electron chi connectivity index (χ2n) is 6.12. The smallest absolute Gasteiger partial charge is 0.311 e. The number of carbonyl (C=O) groups excluding carboxylic acids is 1. The number of hydrogen-bond acceptors (Lipinski definition) is 5. The highest BCUT2D eigenvalue weighted by molar-refractivity contribution is 5.91. The highest BCUT2D eigenvalue weighted by Crippen LogP contribution is 2.27. The average molecular weight is 384 g/mol. The van der Waals surface area contributed by atoms with Gasteiger partial charge in [-0.2, -0.15) is 5.10 Å². The molecule has 0 atom stereocenters. The van der Waals surface area contributed by atoms with Gasteiger partial charge in [-0.3, -0.25) is 14.9 Å². The highest BCUT2D eigenvalue weighted by atomic mass is 19.1. The second kappa shape index (κ2) is 7.87. The number of amides is 1. The van der Waals surface area contributed by atoms with Crippen molar-refractivity contribution in [1.82, 2.24) is 9.78 Å². The van der Waals surface area contributed by atoms with Gasteiger partial charge in [0.25, 0.3) is 5.91 Å². The van der Waals surface area contributed by atoms with E-state index < -0.39 is 28.9 Å². The Bertz CT molecular complexity index is 1030. The van der Waals surface area contributed by atoms with Gasteiger partial charge in [-0.05, 0) is 32.0 Å². The number of anilines is 1. The van der Waals surface area contributed by atoms with Gasteiger partial charge in [0, 0.05) is 18.2 Å². The van der Waals surface area contributed by atoms with Crippen molar-refractivity contribution in [3.05, 3.63) is 75.7 Å². The average Bonchev–Trinajstić information content (AvgIpc) is 3.00. The third kappa shape index (κ3) is 4.32. The van der Waals surface area contributed by atoms with Crippen LogP contribution in [-0.2, 0) is 4.79 Å². The van der Waals surface area contributed by atoms with E-state index >= 15 is 0 Å². The molecule has 9 heteroatoms. The maximum absolute atomic E-state index is 13.3. The Morgan fingerprint density at radius 3 is 2.61 bits per heavy atom. The summed E-state index contributed by atoms with van der Waals surface area (Å²) in [6.07, 6.45) is 0. The van der Waals surface area contributed by atoms with Gasteiger partial charge in [-0.1, -0.05) is 17.7 Å². The summed E-state index contributed by atoms with van der Waals surface area (Å²) >= 11 is 0. The summed E-state index contributed by atoms with van der Waals surface area (Å²) in [7, 11) is 0. The van der Waals surface area contributed by atoms with Gasteiger partial charge < -0.3 is 10.1 Å². The van der Waals surface area contributed by atoms with E-state index in [4.69, 9.17) is 4.74 Å². The summed E-state index contributed by atoms with van der Waals surface area (Å²) in [5, 5.41) is 18.0. The number of nitrogens with zero attached hydrogens (tertiary/aromatic N) is 3. The van der Waals surface area contributed by atoms with Gasteiger partial charge in [0.05, 0.1) is 16.3 Å². The Balaban J connectivity index is 1.74. The Labute approximate surface area is 159 Å². The van der Waals surface area contributed by atoms with Crippen LogP contribution in [0.5, 0.6) is 5.75 Å². The van der Waals surface area contributed by atoms with Crippen molar-refractivity contribution < 1.29 is 18.8 Å². The van der Waals surface area contributed by atoms with E-state index in [1.54, 1.807) is 17.7 Å². The molecule has 0 saturated carbocycles. The van der Waals surface area contributed by atoms with Crippen LogP contribution in [0.4, 0.5) is 15.9 Å². The Morgan fingerprint density at radius 1 is 1.21 bits per heavy atom. The summed E-state index contributed by atoms with van der Waals surface area (Å²) in [4.78, 5) is 22.5. The monoisotopic (exact) mass is 384 g/mol. The van der Waals surface area contributed by atoms with Crippen LogP contribution in [0.2, 0.25) is 0 Å². The first kappa shape index (κ1) is 19.0. The normalized spacial score (nSPS) is 10.5. The molecule has 1 aromatic heterocycles. The van der Waals surface area contributed by atoms with E-state index in [1.165, 1.54) is 0 Å². The van der Waals surface area contributed by atoms with E-state index in [0.29, 0.717) is 11.5 Å². The van der Waals surface area contributed by atoms with Gasteiger partial charge in [0.1, 0.15) is 11.6 Å². The molecule has 3 rings (SSSR count). The van der Waals surface area contributed by atoms with Crippen LogP contribution >= 0.6 is 0 Å². The number of ether oxygens (including phenoxy) is 1. The first-order chi connectivity index (χ1) is 13.3. The molecule has 0 bridgehead atoms. The molecular weight excluding hydrogens is 367 g/mol. The van der Waals surface area contributed by atoms with Crippen LogP contribution in [0, 0.1) is 29.8 Å². The number of aryl methyl sites for hydroxylation is 2. The first-order valence-corrected chi connectivity index (χ1v) is 8.34. The molecule has 0 saturated heterocycles. The van der Waals surface area contributed by atoms with E-state index in [1.807, 2.05) is 31.2 Å². The maximum atomic E-state index is 13.3. The van der Waals surface area contributed by atoms with Crippen molar-refractivity contribution in [1.29, 1.82) is 0 Å². The van der Waals surface area contributed by atoms with E-state index in [0.717, 1.165) is 29.4 Å². The topological polar surface area (TPSA) is 99.3 Å². The predicted octanol–water partition coefficient (Wildman–Crippen LogP) is 3.55. The molecule has 0 radical (unpaired) electrons. The Morgan fingerprint density at radius 2 is 1.93 bits per heavy atom. The molecular formula is C19H17FN4O4. The lowest BCUT2D eigenvalue weighted by atomic mass is 10.2. The molecule has 28 heavy (non-hydrogen) atoms. The molecule has 1 heterocycles. The lowest BCUT2D eigenvalue weighted by Gasteiger charge is -2.10. The maximum Gasteiger partial charge on any atom is 0.311 e. The third-order valence-corrected chi connectivity index (χ3v) is 3.85. The number of hydrogen-bond donors (Lipinski definition) is 1. The molecule has 0 aliphatic carbocycles. The minimum Gasteiger partial charge on any atom is -0.477 e. The number of nitrogens with one attached hydrogen (secondary N) is 1. The number of nitro groups is 1. The number of aromatic nitrogens is 2. The molecule has 0 aliphatic rings. The van der Waals surface area contributed by atoms with E-state index in [2.05, 4.69) is 10.4 Å². The lowest BCUT2D eigenvalue weighted by molar-refractivity contribution is -0.385. The number of nitro benzene ring substituents is 1. The van der Waals surface area contributed by atoms with Crippen LogP contribution in [0.25, 0.3) is 5.69 Å². The standard InChI is InChI=1S/C19H17FN4O4/c1-12-3-6-15(7-4-12)23-18(9-13(2)22-23)21-19(25)11-28-17-10-14(20)5-8-16(17)24(26)27/h3-10H,11H2,1-2H3,(H,21,25). The highest BCUT2D eigenvalue weighted by Gasteiger charge is 2.18. The number of halogens is 1. The van der Waals surface area contributed by atoms with Crippen molar-refractivity contribution in [2.24, 2.45) is 0 Å². The zero-order chi connectivity index (χ0) is 20.3. The summed E-state index contributed by atoms with van der Waals surface area (Å²) in [6, 6.07) is 12.1. The SMILES string of the molecule is Cc1ccc(-n2nc(C)cc2NC(=O)COc2cc(F)ccc2[N+](=O)[O-])cc1. The number of benzene rings is 2. The van der Waals surface area contributed by atoms with Crippen LogP contribution in [0.3, 0.4) is 0 Å². The second-order valence-corrected chi connectivity index (χ2v) is 6.12. The molecule has 1 amide bonds. The molecule has 0 fully saturated rings. The van der Waals surface area contributed by atoms with Crippen LogP contribution in [0.1, 0.15) is 11.3 Å². The molecule has 0 spiro atoms. The Kier molecular flexibility index (Phi) is 5.35. The lowest BCUT2D eigenvalue weighted by Crippen LogP contribution is -2.22. The fraction of sp³-hybridized carbons (Fsp3) is 0.158. The largest absolute Gasteiger partial charge is 0.477 e. The van der Waals surface area contributed by atoms with Crippen molar-refractivity contribution in [3.8, 4) is 11.4 Å². The first-order valence-electron chi connectivity index (χ1n) is 8.34. The van der Waals surface area contributed by atoms with Gasteiger partial charge in [-0.25, -0.2) is 9.07 Å². The summed E-state index contributed by atoms with van der Waals surface area (Å²) in [5.41, 5.74) is 2.12. The molecule has 2 aromatic carbocycles. The van der Waals surface area contributed by atoms with Crippen LogP contribution in [-0.4, -0.2) is 27.2 Å². The molecule has 0 aliphatic heterocycles. The molecule has 0 unspecified atom stereocenters. The zero-order valence-electron chi connectivity index (χ0n) is 15.2. The van der Waals surface area contributed by atoms with Gasteiger partial charge >= 0.3 is 5.69 Å². The van der Waals surface area contributed by atoms with Crippen molar-refractivity contribution in [2.45, 2.75) is 13.8 Å². The summed E-state index contributed by atoms with van der Waals surface area (Å²) < 4.78 is 20.1. The Hall–Kier alpha value is -3.75. The van der Waals surface area contributed by atoms with Gasteiger partial charge in [-0.15, -0.1) is 0 Å². The summed E-state index contributed by atoms with van der Waals surface area (Å²) in [6.45, 7) is 3.22. The van der Waals surface area contributed by atoms with Crippen molar-refractivity contribution in [2.75, 3.05) is 11.9 Å². The van der Waals surface area contributed by atoms with E-state index in [9.17, 15) is 19.3 Å². The fourth-order valence-electron chi connectivity index (χ4n) is 2.55. The molecule has 8 nitrogen and oxygen atoms in total. The molecule has 3 aromatic rings. The van der Waals surface area contributed by atoms with Gasteiger partial charge in [0.2, 0.25) is 5.75 Å². The number of carbonyl (C=O) groups is 1. The third-order valence-electron chi connectivity index (χ3n) is 3.85. The molecule has 1 N–H and O–H groups in total. The predicted molar refractivity (Wildman–Crippen MR) is 100 cm³/mol.